The third-order valence-corrected chi connectivity index (χ3v) is 6.08. The fourth-order valence-electron chi connectivity index (χ4n) is 3.61. The van der Waals surface area contributed by atoms with E-state index in [1.165, 1.54) is 6.26 Å². The first-order valence-electron chi connectivity index (χ1n) is 10.3. The van der Waals surface area contributed by atoms with E-state index in [2.05, 4.69) is 15.2 Å². The number of hydrogen-bond donors (Lipinski definition) is 3. The van der Waals surface area contributed by atoms with Crippen molar-refractivity contribution in [3.8, 4) is 11.4 Å². The van der Waals surface area contributed by atoms with Gasteiger partial charge in [-0.1, -0.05) is 0 Å². The SMILES string of the molecule is CS(O)(O)Cc1cc(N2CCOCC2)nc(-c2ccc(NC(=O)C3CCOC3)cc2)n1. The number of anilines is 2. The smallest absolute Gasteiger partial charge is 0.229 e. The van der Waals surface area contributed by atoms with Gasteiger partial charge in [0.25, 0.3) is 0 Å². The molecule has 1 unspecified atom stereocenters. The Morgan fingerprint density at radius 1 is 1.16 bits per heavy atom. The highest BCUT2D eigenvalue weighted by Gasteiger charge is 2.23. The zero-order chi connectivity index (χ0) is 21.8. The van der Waals surface area contributed by atoms with Crippen molar-refractivity contribution in [1.29, 1.82) is 0 Å². The minimum Gasteiger partial charge on any atom is -0.381 e. The molecule has 2 saturated heterocycles. The van der Waals surface area contributed by atoms with E-state index in [1.807, 2.05) is 30.3 Å². The average Bonchev–Trinajstić information content (AvgIpc) is 3.29. The van der Waals surface area contributed by atoms with E-state index in [0.717, 1.165) is 17.8 Å². The molecule has 2 aromatic rings. The van der Waals surface area contributed by atoms with Gasteiger partial charge in [0.2, 0.25) is 5.91 Å². The Morgan fingerprint density at radius 2 is 1.90 bits per heavy atom. The monoisotopic (exact) mass is 448 g/mol. The van der Waals surface area contributed by atoms with Crippen LogP contribution in [0.15, 0.2) is 30.3 Å². The second kappa shape index (κ2) is 9.49. The molecule has 9 nitrogen and oxygen atoms in total. The Hall–Kier alpha value is -2.24. The second-order valence-electron chi connectivity index (χ2n) is 7.91. The summed E-state index contributed by atoms with van der Waals surface area (Å²) < 4.78 is 30.6. The molecule has 4 rings (SSSR count). The van der Waals surface area contributed by atoms with Crippen LogP contribution in [0.3, 0.4) is 0 Å². The lowest BCUT2D eigenvalue weighted by Crippen LogP contribution is -2.37. The summed E-state index contributed by atoms with van der Waals surface area (Å²) in [6.07, 6.45) is 2.15. The van der Waals surface area contributed by atoms with Crippen LogP contribution in [0.25, 0.3) is 11.4 Å². The van der Waals surface area contributed by atoms with Crippen LogP contribution < -0.4 is 10.2 Å². The Kier molecular flexibility index (Phi) is 6.73. The highest BCUT2D eigenvalue weighted by atomic mass is 32.3. The zero-order valence-electron chi connectivity index (χ0n) is 17.5. The molecule has 0 radical (unpaired) electrons. The summed E-state index contributed by atoms with van der Waals surface area (Å²) >= 11 is 0. The molecule has 3 N–H and O–H groups in total. The largest absolute Gasteiger partial charge is 0.381 e. The standard InChI is InChI=1S/C21H28N4O5S/c1-31(27,28)14-18-12-19(25-7-10-29-11-8-25)24-20(22-18)15-2-4-17(5-3-15)23-21(26)16-6-9-30-13-16/h2-5,12,16,27-28H,6-11,13-14H2,1H3,(H,23,26). The lowest BCUT2D eigenvalue weighted by atomic mass is 10.1. The maximum Gasteiger partial charge on any atom is 0.229 e. The molecule has 0 bridgehead atoms. The predicted molar refractivity (Wildman–Crippen MR) is 121 cm³/mol. The maximum absolute atomic E-state index is 12.3. The first kappa shape index (κ1) is 22.0. The molecule has 2 aliphatic rings. The normalized spacial score (nSPS) is 20.0. The van der Waals surface area contributed by atoms with Gasteiger partial charge in [0.1, 0.15) is 5.82 Å². The molecule has 1 aromatic heterocycles. The first-order chi connectivity index (χ1) is 14.9. The van der Waals surface area contributed by atoms with Crippen molar-refractivity contribution in [2.24, 2.45) is 5.92 Å². The molecule has 31 heavy (non-hydrogen) atoms. The van der Waals surface area contributed by atoms with Crippen LogP contribution in [0.2, 0.25) is 0 Å². The average molecular weight is 449 g/mol. The van der Waals surface area contributed by atoms with Gasteiger partial charge < -0.3 is 19.7 Å². The molecule has 3 heterocycles. The third-order valence-electron chi connectivity index (χ3n) is 5.23. The van der Waals surface area contributed by atoms with Crippen molar-refractivity contribution in [3.05, 3.63) is 36.0 Å². The molecule has 2 fully saturated rings. The maximum atomic E-state index is 12.3. The number of carbonyl (C=O) groups excluding carboxylic acids is 1. The number of morpholine rings is 1. The summed E-state index contributed by atoms with van der Waals surface area (Å²) in [4.78, 5) is 23.7. The van der Waals surface area contributed by atoms with Gasteiger partial charge in [0.15, 0.2) is 5.82 Å². The van der Waals surface area contributed by atoms with Gasteiger partial charge in [-0.3, -0.25) is 13.9 Å². The third kappa shape index (κ3) is 5.92. The van der Waals surface area contributed by atoms with E-state index in [-0.39, 0.29) is 17.6 Å². The van der Waals surface area contributed by atoms with Crippen molar-refractivity contribution >= 4 is 28.0 Å². The quantitative estimate of drug-likeness (QED) is 0.618. The molecule has 1 atom stereocenters. The van der Waals surface area contributed by atoms with Crippen molar-refractivity contribution in [1.82, 2.24) is 9.97 Å². The summed E-state index contributed by atoms with van der Waals surface area (Å²) in [5, 5.41) is 2.92. The Morgan fingerprint density at radius 3 is 2.55 bits per heavy atom. The van der Waals surface area contributed by atoms with Crippen molar-refractivity contribution in [2.45, 2.75) is 12.2 Å². The van der Waals surface area contributed by atoms with E-state index in [1.54, 1.807) is 0 Å². The van der Waals surface area contributed by atoms with E-state index in [0.29, 0.717) is 56.7 Å². The molecule has 1 aromatic carbocycles. The summed E-state index contributed by atoms with van der Waals surface area (Å²) in [7, 11) is -2.74. The van der Waals surface area contributed by atoms with Gasteiger partial charge in [-0.2, -0.15) is 10.6 Å². The number of hydrogen-bond acceptors (Lipinski definition) is 8. The van der Waals surface area contributed by atoms with Crippen LogP contribution in [-0.2, 0) is 20.0 Å². The molecule has 2 aliphatic heterocycles. The van der Waals surface area contributed by atoms with E-state index in [9.17, 15) is 13.9 Å². The Labute approximate surface area is 183 Å². The van der Waals surface area contributed by atoms with Crippen LogP contribution in [-0.4, -0.2) is 70.8 Å². The molecule has 10 heteroatoms. The molecule has 168 valence electrons. The number of nitrogens with zero attached hydrogens (tertiary/aromatic N) is 3. The van der Waals surface area contributed by atoms with E-state index in [4.69, 9.17) is 14.5 Å². The van der Waals surface area contributed by atoms with E-state index < -0.39 is 10.6 Å². The van der Waals surface area contributed by atoms with Gasteiger partial charge in [0, 0.05) is 43.3 Å². The van der Waals surface area contributed by atoms with Crippen molar-refractivity contribution < 1.29 is 23.4 Å². The Bertz CT molecular complexity index is 907. The molecule has 1 amide bonds. The summed E-state index contributed by atoms with van der Waals surface area (Å²) in [6, 6.07) is 9.16. The molecule has 0 saturated carbocycles. The van der Waals surface area contributed by atoms with Gasteiger partial charge in [0.05, 0.1) is 37.2 Å². The number of aromatic nitrogens is 2. The van der Waals surface area contributed by atoms with E-state index >= 15 is 0 Å². The molecular formula is C21H28N4O5S. The van der Waals surface area contributed by atoms with Gasteiger partial charge in [-0.05, 0) is 30.7 Å². The number of carbonyl (C=O) groups is 1. The molecule has 0 spiro atoms. The Balaban J connectivity index is 1.56. The van der Waals surface area contributed by atoms with Gasteiger partial charge >= 0.3 is 0 Å². The molecular weight excluding hydrogens is 420 g/mol. The van der Waals surface area contributed by atoms with Gasteiger partial charge in [-0.15, -0.1) is 0 Å². The van der Waals surface area contributed by atoms with Crippen molar-refractivity contribution in [3.63, 3.8) is 0 Å². The lowest BCUT2D eigenvalue weighted by molar-refractivity contribution is -0.119. The predicted octanol–water partition coefficient (Wildman–Crippen LogP) is 2.84. The number of rotatable bonds is 6. The number of amides is 1. The topological polar surface area (TPSA) is 117 Å². The number of nitrogens with one attached hydrogen (secondary N) is 1. The minimum atomic E-state index is -2.74. The lowest BCUT2D eigenvalue weighted by Gasteiger charge is -2.30. The zero-order valence-corrected chi connectivity index (χ0v) is 18.3. The minimum absolute atomic E-state index is 0.0359. The molecule has 0 aliphatic carbocycles. The van der Waals surface area contributed by atoms with Gasteiger partial charge in [-0.25, -0.2) is 9.97 Å². The highest BCUT2D eigenvalue weighted by Crippen LogP contribution is 2.38. The van der Waals surface area contributed by atoms with Crippen LogP contribution in [0.4, 0.5) is 11.5 Å². The fraction of sp³-hybridized carbons (Fsp3) is 0.476. The van der Waals surface area contributed by atoms with Crippen LogP contribution >= 0.6 is 10.6 Å². The second-order valence-corrected chi connectivity index (χ2v) is 10.2. The summed E-state index contributed by atoms with van der Waals surface area (Å²) in [5.41, 5.74) is 2.06. The van der Waals surface area contributed by atoms with Crippen LogP contribution in [0.1, 0.15) is 12.1 Å². The summed E-state index contributed by atoms with van der Waals surface area (Å²) in [6.45, 7) is 3.77. The van der Waals surface area contributed by atoms with Crippen molar-refractivity contribution in [2.75, 3.05) is 56.0 Å². The van der Waals surface area contributed by atoms with Crippen LogP contribution in [0.5, 0.6) is 0 Å². The summed E-state index contributed by atoms with van der Waals surface area (Å²) in [5.74, 6) is 1.17. The number of benzene rings is 1. The van der Waals surface area contributed by atoms with Crippen LogP contribution in [0, 0.1) is 5.92 Å². The first-order valence-corrected chi connectivity index (χ1v) is 12.4. The fourth-order valence-corrected chi connectivity index (χ4v) is 4.32. The highest BCUT2D eigenvalue weighted by molar-refractivity contribution is 8.23. The number of ether oxygens (including phenoxy) is 2.